The zero-order valence-electron chi connectivity index (χ0n) is 18.0. The molecule has 1 aromatic rings. The van der Waals surface area contributed by atoms with E-state index in [1.54, 1.807) is 4.90 Å². The summed E-state index contributed by atoms with van der Waals surface area (Å²) in [4.78, 5) is 12.8. The molecule has 2 fully saturated rings. The Morgan fingerprint density at radius 1 is 1.13 bits per heavy atom. The van der Waals surface area contributed by atoms with Gasteiger partial charge in [-0.05, 0) is 51.2 Å². The number of sulfone groups is 1. The highest BCUT2D eigenvalue weighted by molar-refractivity contribution is 7.90. The van der Waals surface area contributed by atoms with E-state index in [0.29, 0.717) is 32.2 Å². The summed E-state index contributed by atoms with van der Waals surface area (Å²) >= 11 is 0. The normalized spacial score (nSPS) is 23.2. The van der Waals surface area contributed by atoms with Crippen molar-refractivity contribution in [1.82, 2.24) is 4.90 Å². The Hall–Kier alpha value is -1.78. The predicted molar refractivity (Wildman–Crippen MR) is 108 cm³/mol. The summed E-state index contributed by atoms with van der Waals surface area (Å²) in [7, 11) is -4.02. The number of hydrogen-bond acceptors (Lipinski definition) is 6. The van der Waals surface area contributed by atoms with Crippen molar-refractivity contribution in [2.75, 3.05) is 32.6 Å². The SMILES string of the molecule is CC(C)OC(=O)N1CCC(C[C@H]2CO[C@@H](c3cc(F)c(S(C)(=O)=O)c(F)c3)OC2)CC1. The first-order valence-electron chi connectivity index (χ1n) is 10.4. The van der Waals surface area contributed by atoms with Crippen molar-refractivity contribution < 1.29 is 36.2 Å². The minimum absolute atomic E-state index is 0.109. The number of halogens is 2. The predicted octanol–water partition coefficient (Wildman–Crippen LogP) is 3.68. The van der Waals surface area contributed by atoms with Crippen LogP contribution in [0.4, 0.5) is 13.6 Å². The second-order valence-electron chi connectivity index (χ2n) is 8.55. The maximum atomic E-state index is 14.1. The lowest BCUT2D eigenvalue weighted by Gasteiger charge is -2.35. The molecule has 0 N–H and O–H groups in total. The van der Waals surface area contributed by atoms with Crippen LogP contribution in [0.2, 0.25) is 0 Å². The monoisotopic (exact) mass is 461 g/mol. The molecule has 3 rings (SSSR count). The van der Waals surface area contributed by atoms with Crippen LogP contribution < -0.4 is 0 Å². The van der Waals surface area contributed by atoms with Gasteiger partial charge in [-0.3, -0.25) is 0 Å². The van der Waals surface area contributed by atoms with Gasteiger partial charge in [0.15, 0.2) is 16.1 Å². The fourth-order valence-corrected chi connectivity index (χ4v) is 4.87. The molecule has 0 radical (unpaired) electrons. The lowest BCUT2D eigenvalue weighted by molar-refractivity contribution is -0.208. The molecule has 0 spiro atoms. The highest BCUT2D eigenvalue weighted by Crippen LogP contribution is 2.33. The maximum Gasteiger partial charge on any atom is 0.410 e. The van der Waals surface area contributed by atoms with Crippen LogP contribution in [0.1, 0.15) is 45.0 Å². The number of carbonyl (C=O) groups excluding carboxylic acids is 1. The van der Waals surface area contributed by atoms with Gasteiger partial charge in [0, 0.05) is 30.8 Å². The quantitative estimate of drug-likeness (QED) is 0.665. The second kappa shape index (κ2) is 9.79. The molecule has 1 amide bonds. The van der Waals surface area contributed by atoms with Crippen LogP contribution in [0.15, 0.2) is 17.0 Å². The fraction of sp³-hybridized carbons (Fsp3) is 0.667. The summed E-state index contributed by atoms with van der Waals surface area (Å²) in [6, 6.07) is 1.88. The molecule has 174 valence electrons. The number of rotatable bonds is 5. The maximum absolute atomic E-state index is 14.1. The van der Waals surface area contributed by atoms with E-state index in [9.17, 15) is 22.0 Å². The van der Waals surface area contributed by atoms with Crippen LogP contribution in [0.5, 0.6) is 0 Å². The Morgan fingerprint density at radius 2 is 1.68 bits per heavy atom. The van der Waals surface area contributed by atoms with Gasteiger partial charge in [-0.2, -0.15) is 0 Å². The van der Waals surface area contributed by atoms with Crippen LogP contribution in [-0.4, -0.2) is 58.1 Å². The Bertz CT molecular complexity index is 868. The van der Waals surface area contributed by atoms with Crippen molar-refractivity contribution in [2.45, 2.75) is 50.4 Å². The van der Waals surface area contributed by atoms with E-state index in [0.717, 1.165) is 37.7 Å². The molecule has 2 aliphatic rings. The minimum Gasteiger partial charge on any atom is -0.447 e. The smallest absolute Gasteiger partial charge is 0.410 e. The van der Waals surface area contributed by atoms with Crippen molar-refractivity contribution in [2.24, 2.45) is 11.8 Å². The zero-order valence-corrected chi connectivity index (χ0v) is 18.8. The van der Waals surface area contributed by atoms with E-state index in [1.807, 2.05) is 13.8 Å². The summed E-state index contributed by atoms with van der Waals surface area (Å²) in [5.74, 6) is -1.75. The number of hydrogen-bond donors (Lipinski definition) is 0. The van der Waals surface area contributed by atoms with Gasteiger partial charge in [-0.1, -0.05) is 0 Å². The van der Waals surface area contributed by atoms with E-state index < -0.39 is 32.7 Å². The first-order valence-corrected chi connectivity index (χ1v) is 12.3. The average molecular weight is 462 g/mol. The molecular formula is C21H29F2NO6S. The third-order valence-electron chi connectivity index (χ3n) is 5.51. The second-order valence-corrected chi connectivity index (χ2v) is 10.5. The Labute approximate surface area is 181 Å². The summed E-state index contributed by atoms with van der Waals surface area (Å²) in [5.41, 5.74) is 0.109. The Morgan fingerprint density at radius 3 is 2.16 bits per heavy atom. The fourth-order valence-electron chi connectivity index (χ4n) is 4.04. The van der Waals surface area contributed by atoms with Crippen molar-refractivity contribution in [3.63, 3.8) is 0 Å². The van der Waals surface area contributed by atoms with Crippen LogP contribution >= 0.6 is 0 Å². The van der Waals surface area contributed by atoms with Gasteiger partial charge in [0.05, 0.1) is 19.3 Å². The van der Waals surface area contributed by atoms with Crippen molar-refractivity contribution in [3.05, 3.63) is 29.3 Å². The van der Waals surface area contributed by atoms with Crippen LogP contribution in [-0.2, 0) is 24.0 Å². The topological polar surface area (TPSA) is 82.1 Å². The Kier molecular flexibility index (Phi) is 7.54. The molecule has 0 bridgehead atoms. The molecule has 2 heterocycles. The van der Waals surface area contributed by atoms with Gasteiger partial charge in [0.25, 0.3) is 0 Å². The molecular weight excluding hydrogens is 432 g/mol. The van der Waals surface area contributed by atoms with Gasteiger partial charge in [-0.25, -0.2) is 22.0 Å². The molecule has 2 saturated heterocycles. The van der Waals surface area contributed by atoms with Gasteiger partial charge < -0.3 is 19.1 Å². The summed E-state index contributed by atoms with van der Waals surface area (Å²) in [6.45, 7) is 5.69. The molecule has 0 aromatic heterocycles. The summed E-state index contributed by atoms with van der Waals surface area (Å²) < 4.78 is 67.9. The van der Waals surface area contributed by atoms with E-state index in [1.165, 1.54) is 0 Å². The van der Waals surface area contributed by atoms with Crippen molar-refractivity contribution >= 4 is 15.9 Å². The molecule has 0 aliphatic carbocycles. The van der Waals surface area contributed by atoms with Gasteiger partial charge in [0.1, 0.15) is 16.5 Å². The molecule has 2 aliphatic heterocycles. The molecule has 0 unspecified atom stereocenters. The summed E-state index contributed by atoms with van der Waals surface area (Å²) in [6.07, 6.45) is 2.01. The average Bonchev–Trinajstić information content (AvgIpc) is 2.67. The molecule has 0 saturated carbocycles. The molecule has 0 atom stereocenters. The number of benzene rings is 1. The number of nitrogens with zero attached hydrogens (tertiary/aromatic N) is 1. The van der Waals surface area contributed by atoms with Crippen LogP contribution in [0, 0.1) is 23.5 Å². The van der Waals surface area contributed by atoms with E-state index >= 15 is 0 Å². The first-order chi connectivity index (χ1) is 14.5. The van der Waals surface area contributed by atoms with E-state index in [4.69, 9.17) is 14.2 Å². The third-order valence-corrected chi connectivity index (χ3v) is 6.64. The minimum atomic E-state index is -4.02. The number of likely N-dealkylation sites (tertiary alicyclic amines) is 1. The summed E-state index contributed by atoms with van der Waals surface area (Å²) in [5, 5.41) is 0. The van der Waals surface area contributed by atoms with Gasteiger partial charge >= 0.3 is 6.09 Å². The van der Waals surface area contributed by atoms with Crippen molar-refractivity contribution in [1.29, 1.82) is 0 Å². The highest BCUT2D eigenvalue weighted by Gasteiger charge is 2.31. The highest BCUT2D eigenvalue weighted by atomic mass is 32.2. The first kappa shape index (κ1) is 23.9. The Balaban J connectivity index is 1.49. The van der Waals surface area contributed by atoms with Gasteiger partial charge in [-0.15, -0.1) is 0 Å². The zero-order chi connectivity index (χ0) is 22.8. The lowest BCUT2D eigenvalue weighted by atomic mass is 9.87. The van der Waals surface area contributed by atoms with Crippen LogP contribution in [0.3, 0.4) is 0 Å². The molecule has 31 heavy (non-hydrogen) atoms. The standard InChI is InChI=1S/C21H29F2NO6S/c1-13(2)30-21(25)24-6-4-14(5-7-24)8-15-11-28-20(29-12-15)16-9-17(22)19(18(23)10-16)31(3,26)27/h9-10,13-15,20H,4-8,11-12H2,1-3H3/t15-,20+. The number of piperidine rings is 1. The number of ether oxygens (including phenoxy) is 3. The van der Waals surface area contributed by atoms with Gasteiger partial charge in [0.2, 0.25) is 0 Å². The molecule has 10 heteroatoms. The van der Waals surface area contributed by atoms with E-state index in [2.05, 4.69) is 0 Å². The molecule has 1 aromatic carbocycles. The number of carbonyl (C=O) groups is 1. The number of amides is 1. The van der Waals surface area contributed by atoms with Crippen molar-refractivity contribution in [3.8, 4) is 0 Å². The largest absolute Gasteiger partial charge is 0.447 e. The van der Waals surface area contributed by atoms with E-state index in [-0.39, 0.29) is 23.7 Å². The lowest BCUT2D eigenvalue weighted by Crippen LogP contribution is -2.40. The third kappa shape index (κ3) is 6.14. The molecule has 7 nitrogen and oxygen atoms in total. The van der Waals surface area contributed by atoms with Crippen LogP contribution in [0.25, 0.3) is 0 Å².